The first-order chi connectivity index (χ1) is 10.3. The number of β-amino-alcohol motifs (C(OH)–C–C–N with tert-alkyl or cyclic N) is 1. The number of hydrogen-bond donors (Lipinski definition) is 1. The molecule has 131 valence electrons. The Labute approximate surface area is 136 Å². The summed E-state index contributed by atoms with van der Waals surface area (Å²) in [5.74, 6) is -2.31. The molecule has 1 aliphatic rings. The molecular weight excluding hydrogens is 302 g/mol. The van der Waals surface area contributed by atoms with E-state index in [4.69, 9.17) is 9.47 Å². The SMILES string of the molecule is CC(C)(C)OC(=O)C([C]=O)C1(O)CCN(C(=O)OC(C)(C)C)C1. The summed E-state index contributed by atoms with van der Waals surface area (Å²) in [5.41, 5.74) is -3.15. The molecule has 0 aromatic rings. The van der Waals surface area contributed by atoms with Crippen molar-refractivity contribution in [3.05, 3.63) is 0 Å². The van der Waals surface area contributed by atoms with Crippen LogP contribution in [0.15, 0.2) is 0 Å². The first-order valence-corrected chi connectivity index (χ1v) is 7.58. The Kier molecular flexibility index (Phi) is 5.46. The summed E-state index contributed by atoms with van der Waals surface area (Å²) in [5, 5.41) is 10.6. The maximum atomic E-state index is 12.1. The third-order valence-electron chi connectivity index (χ3n) is 3.23. The molecule has 2 atom stereocenters. The predicted octanol–water partition coefficient (Wildman–Crippen LogP) is 1.43. The highest BCUT2D eigenvalue weighted by molar-refractivity contribution is 5.90. The van der Waals surface area contributed by atoms with Crippen molar-refractivity contribution in [1.82, 2.24) is 4.90 Å². The predicted molar refractivity (Wildman–Crippen MR) is 82.4 cm³/mol. The Bertz CT molecular complexity index is 476. The van der Waals surface area contributed by atoms with Crippen LogP contribution >= 0.6 is 0 Å². The highest BCUT2D eigenvalue weighted by Crippen LogP contribution is 2.31. The van der Waals surface area contributed by atoms with Gasteiger partial charge in [0.2, 0.25) is 6.29 Å². The molecule has 1 rings (SSSR count). The molecule has 1 amide bonds. The molecule has 1 radical (unpaired) electrons. The van der Waals surface area contributed by atoms with Crippen LogP contribution in [0.1, 0.15) is 48.0 Å². The molecule has 1 N–H and O–H groups in total. The number of esters is 1. The molecule has 0 bridgehead atoms. The van der Waals surface area contributed by atoms with Crippen LogP contribution in [0, 0.1) is 5.92 Å². The molecule has 1 saturated heterocycles. The van der Waals surface area contributed by atoms with Gasteiger partial charge in [0.1, 0.15) is 16.8 Å². The molecule has 7 nitrogen and oxygen atoms in total. The number of nitrogens with zero attached hydrogens (tertiary/aromatic N) is 1. The number of carbonyl (C=O) groups is 2. The lowest BCUT2D eigenvalue weighted by Gasteiger charge is -2.30. The first kappa shape index (κ1) is 19.4. The Hall–Kier alpha value is -1.63. The molecule has 0 aromatic carbocycles. The second kappa shape index (κ2) is 6.47. The number of carbonyl (C=O) groups excluding carboxylic acids is 3. The number of likely N-dealkylation sites (tertiary alicyclic amines) is 1. The molecule has 0 saturated carbocycles. The standard InChI is InChI=1S/C16H26NO6/c1-14(2,3)22-12(19)11(9-18)16(21)7-8-17(10-16)13(20)23-15(4,5)6/h11,21H,7-8,10H2,1-6H3. The molecule has 2 unspecified atom stereocenters. The molecular formula is C16H26NO6. The quantitative estimate of drug-likeness (QED) is 0.622. The van der Waals surface area contributed by atoms with Gasteiger partial charge in [0.25, 0.3) is 0 Å². The zero-order valence-electron chi connectivity index (χ0n) is 14.6. The molecule has 0 spiro atoms. The van der Waals surface area contributed by atoms with Gasteiger partial charge < -0.3 is 19.5 Å². The van der Waals surface area contributed by atoms with Crippen LogP contribution in [0.4, 0.5) is 4.79 Å². The summed E-state index contributed by atoms with van der Waals surface area (Å²) in [6.45, 7) is 10.2. The number of aliphatic hydroxyl groups is 1. The topological polar surface area (TPSA) is 93.1 Å². The van der Waals surface area contributed by atoms with Crippen molar-refractivity contribution in [1.29, 1.82) is 0 Å². The van der Waals surface area contributed by atoms with Gasteiger partial charge in [-0.3, -0.25) is 9.59 Å². The second-order valence-corrected chi connectivity index (χ2v) is 7.84. The van der Waals surface area contributed by atoms with E-state index in [2.05, 4.69) is 0 Å². The van der Waals surface area contributed by atoms with Gasteiger partial charge in [0.15, 0.2) is 5.92 Å². The van der Waals surface area contributed by atoms with E-state index < -0.39 is 34.8 Å². The van der Waals surface area contributed by atoms with Crippen molar-refractivity contribution in [3.8, 4) is 0 Å². The lowest BCUT2D eigenvalue weighted by Crippen LogP contribution is -2.48. The molecule has 0 aliphatic carbocycles. The van der Waals surface area contributed by atoms with Crippen molar-refractivity contribution in [2.75, 3.05) is 13.1 Å². The minimum Gasteiger partial charge on any atom is -0.459 e. The monoisotopic (exact) mass is 328 g/mol. The van der Waals surface area contributed by atoms with E-state index in [0.29, 0.717) is 0 Å². The number of amides is 1. The highest BCUT2D eigenvalue weighted by Gasteiger charge is 2.50. The van der Waals surface area contributed by atoms with E-state index in [9.17, 15) is 19.5 Å². The third-order valence-corrected chi connectivity index (χ3v) is 3.23. The fourth-order valence-corrected chi connectivity index (χ4v) is 2.27. The minimum atomic E-state index is -1.69. The van der Waals surface area contributed by atoms with Gasteiger partial charge in [-0.05, 0) is 48.0 Å². The van der Waals surface area contributed by atoms with Gasteiger partial charge in [0.05, 0.1) is 6.54 Å². The second-order valence-electron chi connectivity index (χ2n) is 7.84. The van der Waals surface area contributed by atoms with Crippen molar-refractivity contribution in [2.24, 2.45) is 5.92 Å². The van der Waals surface area contributed by atoms with Crippen LogP contribution in [-0.4, -0.2) is 58.2 Å². The Morgan fingerprint density at radius 1 is 1.13 bits per heavy atom. The lowest BCUT2D eigenvalue weighted by molar-refractivity contribution is -0.164. The molecule has 1 aliphatic heterocycles. The maximum Gasteiger partial charge on any atom is 0.410 e. The molecule has 7 heteroatoms. The van der Waals surface area contributed by atoms with Crippen LogP contribution in [0.25, 0.3) is 0 Å². The van der Waals surface area contributed by atoms with Crippen LogP contribution in [0.5, 0.6) is 0 Å². The average molecular weight is 328 g/mol. The number of ether oxygens (including phenoxy) is 2. The molecule has 23 heavy (non-hydrogen) atoms. The van der Waals surface area contributed by atoms with E-state index in [1.54, 1.807) is 47.8 Å². The fraction of sp³-hybridized carbons (Fsp3) is 0.812. The summed E-state index contributed by atoms with van der Waals surface area (Å²) in [6.07, 6.45) is 1.04. The van der Waals surface area contributed by atoms with Gasteiger partial charge >= 0.3 is 12.1 Å². The number of rotatable bonds is 3. The minimum absolute atomic E-state index is 0.0748. The van der Waals surface area contributed by atoms with Crippen molar-refractivity contribution >= 4 is 18.3 Å². The van der Waals surface area contributed by atoms with E-state index in [1.807, 2.05) is 0 Å². The van der Waals surface area contributed by atoms with Crippen molar-refractivity contribution in [2.45, 2.75) is 64.8 Å². The third kappa shape index (κ3) is 5.49. The summed E-state index contributed by atoms with van der Waals surface area (Å²) in [7, 11) is 0. The largest absolute Gasteiger partial charge is 0.459 e. The molecule has 1 heterocycles. The van der Waals surface area contributed by atoms with E-state index in [-0.39, 0.29) is 19.5 Å². The first-order valence-electron chi connectivity index (χ1n) is 7.58. The highest BCUT2D eigenvalue weighted by atomic mass is 16.6. The van der Waals surface area contributed by atoms with Crippen LogP contribution in [0.2, 0.25) is 0 Å². The van der Waals surface area contributed by atoms with Gasteiger partial charge in [-0.15, -0.1) is 0 Å². The smallest absolute Gasteiger partial charge is 0.410 e. The molecule has 0 aromatic heterocycles. The van der Waals surface area contributed by atoms with Gasteiger partial charge in [0, 0.05) is 6.54 Å². The average Bonchev–Trinajstić information content (AvgIpc) is 2.68. The van der Waals surface area contributed by atoms with Crippen LogP contribution in [-0.2, 0) is 19.1 Å². The van der Waals surface area contributed by atoms with Crippen molar-refractivity contribution < 1.29 is 29.0 Å². The number of hydrogen-bond acceptors (Lipinski definition) is 6. The van der Waals surface area contributed by atoms with E-state index in [0.717, 1.165) is 0 Å². The Morgan fingerprint density at radius 3 is 2.09 bits per heavy atom. The Morgan fingerprint density at radius 2 is 1.65 bits per heavy atom. The summed E-state index contributed by atoms with van der Waals surface area (Å²) in [4.78, 5) is 36.6. The van der Waals surface area contributed by atoms with Crippen LogP contribution < -0.4 is 0 Å². The zero-order valence-corrected chi connectivity index (χ0v) is 14.6. The summed E-state index contributed by atoms with van der Waals surface area (Å²) >= 11 is 0. The van der Waals surface area contributed by atoms with Gasteiger partial charge in [-0.2, -0.15) is 0 Å². The fourth-order valence-electron chi connectivity index (χ4n) is 2.27. The van der Waals surface area contributed by atoms with Crippen molar-refractivity contribution in [3.63, 3.8) is 0 Å². The summed E-state index contributed by atoms with van der Waals surface area (Å²) in [6, 6.07) is 0. The normalized spacial score (nSPS) is 23.3. The molecule has 1 fully saturated rings. The van der Waals surface area contributed by atoms with E-state index in [1.165, 1.54) is 4.90 Å². The Balaban J connectivity index is 2.81. The van der Waals surface area contributed by atoms with E-state index >= 15 is 0 Å². The summed E-state index contributed by atoms with van der Waals surface area (Å²) < 4.78 is 10.4. The van der Waals surface area contributed by atoms with Gasteiger partial charge in [-0.1, -0.05) is 0 Å². The van der Waals surface area contributed by atoms with Gasteiger partial charge in [-0.25, -0.2) is 4.79 Å². The zero-order chi connectivity index (χ0) is 18.1. The lowest BCUT2D eigenvalue weighted by atomic mass is 9.87. The maximum absolute atomic E-state index is 12.1. The van der Waals surface area contributed by atoms with Crippen LogP contribution in [0.3, 0.4) is 0 Å².